The summed E-state index contributed by atoms with van der Waals surface area (Å²) in [4.78, 5) is 4.32. The zero-order chi connectivity index (χ0) is 14.6. The predicted molar refractivity (Wildman–Crippen MR) is 86.8 cm³/mol. The summed E-state index contributed by atoms with van der Waals surface area (Å²) in [6, 6.07) is 1.58. The molecule has 8 heteroatoms. The number of hydrogen-bond acceptors (Lipinski definition) is 5. The Balaban J connectivity index is 2.16. The van der Waals surface area contributed by atoms with Crippen molar-refractivity contribution in [2.24, 2.45) is 0 Å². The van der Waals surface area contributed by atoms with Crippen molar-refractivity contribution in [3.63, 3.8) is 0 Å². The minimum Gasteiger partial charge on any atom is -0.369 e. The molecule has 1 unspecified atom stereocenters. The largest absolute Gasteiger partial charge is 0.369 e. The van der Waals surface area contributed by atoms with Crippen LogP contribution in [0.1, 0.15) is 19.8 Å². The highest BCUT2D eigenvalue weighted by Gasteiger charge is 2.23. The van der Waals surface area contributed by atoms with Gasteiger partial charge in [0.05, 0.1) is 0 Å². The summed E-state index contributed by atoms with van der Waals surface area (Å²) >= 11 is 5.10. The van der Waals surface area contributed by atoms with Gasteiger partial charge in [0.1, 0.15) is 10.7 Å². The molecule has 1 aromatic rings. The molecular formula is C12H18BrN3O2S2. The molecule has 5 nitrogen and oxygen atoms in total. The van der Waals surface area contributed by atoms with E-state index in [1.165, 1.54) is 0 Å². The molecule has 2 N–H and O–H groups in total. The molecule has 1 aliphatic rings. The topological polar surface area (TPSA) is 71.1 Å². The van der Waals surface area contributed by atoms with Crippen LogP contribution in [-0.2, 0) is 10.0 Å². The summed E-state index contributed by atoms with van der Waals surface area (Å²) in [7, 11) is -3.54. The summed E-state index contributed by atoms with van der Waals surface area (Å²) in [6.45, 7) is 3.00. The number of aromatic nitrogens is 1. The zero-order valence-corrected chi connectivity index (χ0v) is 14.4. The zero-order valence-electron chi connectivity index (χ0n) is 11.2. The van der Waals surface area contributed by atoms with Crippen molar-refractivity contribution < 1.29 is 8.42 Å². The van der Waals surface area contributed by atoms with Gasteiger partial charge in [-0.25, -0.2) is 18.1 Å². The second kappa shape index (κ2) is 7.11. The minimum absolute atomic E-state index is 0.191. The number of rotatable bonds is 6. The van der Waals surface area contributed by atoms with Gasteiger partial charge in [-0.3, -0.25) is 0 Å². The Hall–Kier alpha value is -0.310. The maximum atomic E-state index is 12.4. The Kier molecular flexibility index (Phi) is 5.71. The summed E-state index contributed by atoms with van der Waals surface area (Å²) in [5, 5.41) is 3.36. The number of sulfonamides is 1. The number of thioether (sulfide) groups is 1. The van der Waals surface area contributed by atoms with Crippen molar-refractivity contribution in [1.82, 2.24) is 9.71 Å². The standard InChI is InChI=1S/C12H18BrN3O2S2/c1-2-14-12-11(6-9(13)7-15-12)20(17,18)16-8-10-4-3-5-19-10/h6-7,10,16H,2-5,8H2,1H3,(H,14,15). The molecule has 0 bridgehead atoms. The molecule has 2 rings (SSSR count). The monoisotopic (exact) mass is 379 g/mol. The van der Waals surface area contributed by atoms with Crippen LogP contribution < -0.4 is 10.0 Å². The molecule has 0 radical (unpaired) electrons. The van der Waals surface area contributed by atoms with Crippen LogP contribution in [0.15, 0.2) is 21.6 Å². The van der Waals surface area contributed by atoms with E-state index in [1.807, 2.05) is 18.7 Å². The minimum atomic E-state index is -3.54. The highest BCUT2D eigenvalue weighted by atomic mass is 79.9. The number of pyridine rings is 1. The molecule has 112 valence electrons. The van der Waals surface area contributed by atoms with Gasteiger partial charge in [0.2, 0.25) is 10.0 Å². The third-order valence-corrected chi connectivity index (χ3v) is 6.25. The molecule has 1 atom stereocenters. The molecule has 1 aromatic heterocycles. The molecule has 20 heavy (non-hydrogen) atoms. The maximum absolute atomic E-state index is 12.4. The lowest BCUT2D eigenvalue weighted by Crippen LogP contribution is -2.30. The highest BCUT2D eigenvalue weighted by molar-refractivity contribution is 9.10. The smallest absolute Gasteiger partial charge is 0.244 e. The highest BCUT2D eigenvalue weighted by Crippen LogP contribution is 2.27. The SMILES string of the molecule is CCNc1ncc(Br)cc1S(=O)(=O)NCC1CCCS1. The first-order chi connectivity index (χ1) is 9.53. The molecule has 1 saturated heterocycles. The molecule has 2 heterocycles. The fraction of sp³-hybridized carbons (Fsp3) is 0.583. The van der Waals surface area contributed by atoms with Crippen molar-refractivity contribution in [3.05, 3.63) is 16.7 Å². The van der Waals surface area contributed by atoms with Gasteiger partial charge >= 0.3 is 0 Å². The number of nitrogens with one attached hydrogen (secondary N) is 2. The van der Waals surface area contributed by atoms with E-state index in [-0.39, 0.29) is 4.90 Å². The van der Waals surface area contributed by atoms with E-state index in [0.717, 1.165) is 18.6 Å². The Morgan fingerprint density at radius 3 is 3.00 bits per heavy atom. The van der Waals surface area contributed by atoms with Crippen molar-refractivity contribution in [3.8, 4) is 0 Å². The van der Waals surface area contributed by atoms with E-state index < -0.39 is 10.0 Å². The summed E-state index contributed by atoms with van der Waals surface area (Å²) in [5.41, 5.74) is 0. The van der Waals surface area contributed by atoms with Gasteiger partial charge in [-0.15, -0.1) is 0 Å². The van der Waals surface area contributed by atoms with Crippen LogP contribution in [0.2, 0.25) is 0 Å². The van der Waals surface area contributed by atoms with E-state index in [4.69, 9.17) is 0 Å². The predicted octanol–water partition coefficient (Wildman–Crippen LogP) is 2.45. The van der Waals surface area contributed by atoms with Crippen LogP contribution in [0.25, 0.3) is 0 Å². The molecule has 0 amide bonds. The second-order valence-electron chi connectivity index (χ2n) is 4.52. The van der Waals surface area contributed by atoms with E-state index in [2.05, 4.69) is 31.0 Å². The lowest BCUT2D eigenvalue weighted by molar-refractivity contribution is 0.579. The number of anilines is 1. The first kappa shape index (κ1) is 16.1. The van der Waals surface area contributed by atoms with Crippen molar-refractivity contribution in [1.29, 1.82) is 0 Å². The van der Waals surface area contributed by atoms with E-state index in [9.17, 15) is 8.42 Å². The first-order valence-electron chi connectivity index (χ1n) is 6.53. The number of nitrogens with zero attached hydrogens (tertiary/aromatic N) is 1. The molecule has 0 spiro atoms. The molecule has 1 aliphatic heterocycles. The summed E-state index contributed by atoms with van der Waals surface area (Å²) < 4.78 is 28.2. The second-order valence-corrected chi connectivity index (χ2v) is 8.58. The van der Waals surface area contributed by atoms with Gasteiger partial charge in [0.15, 0.2) is 0 Å². The molecule has 1 fully saturated rings. The fourth-order valence-electron chi connectivity index (χ4n) is 2.01. The molecule has 0 saturated carbocycles. The van der Waals surface area contributed by atoms with Crippen molar-refractivity contribution >= 4 is 43.5 Å². The lowest BCUT2D eigenvalue weighted by atomic mass is 10.2. The van der Waals surface area contributed by atoms with E-state index >= 15 is 0 Å². The average Bonchev–Trinajstić information content (AvgIpc) is 2.92. The normalized spacial score (nSPS) is 19.2. The summed E-state index contributed by atoms with van der Waals surface area (Å²) in [5.74, 6) is 1.51. The number of halogens is 1. The van der Waals surface area contributed by atoms with Crippen LogP contribution in [0.5, 0.6) is 0 Å². The van der Waals surface area contributed by atoms with Gasteiger partial charge in [0.25, 0.3) is 0 Å². The van der Waals surface area contributed by atoms with Gasteiger partial charge in [-0.05, 0) is 47.5 Å². The van der Waals surface area contributed by atoms with Crippen molar-refractivity contribution in [2.75, 3.05) is 24.2 Å². The van der Waals surface area contributed by atoms with Crippen LogP contribution in [0.3, 0.4) is 0 Å². The van der Waals surface area contributed by atoms with Crippen molar-refractivity contribution in [2.45, 2.75) is 29.9 Å². The van der Waals surface area contributed by atoms with Crippen LogP contribution in [0, 0.1) is 0 Å². The molecular weight excluding hydrogens is 362 g/mol. The third-order valence-electron chi connectivity index (χ3n) is 2.98. The average molecular weight is 380 g/mol. The lowest BCUT2D eigenvalue weighted by Gasteiger charge is -2.14. The van der Waals surface area contributed by atoms with Gasteiger partial charge in [-0.1, -0.05) is 0 Å². The van der Waals surface area contributed by atoms with Crippen LogP contribution in [0.4, 0.5) is 5.82 Å². The Labute approximate surface area is 132 Å². The van der Waals surface area contributed by atoms with Crippen LogP contribution >= 0.6 is 27.7 Å². The van der Waals surface area contributed by atoms with Crippen LogP contribution in [-0.4, -0.2) is 37.5 Å². The quantitative estimate of drug-likeness (QED) is 0.793. The Bertz CT molecular complexity index is 560. The van der Waals surface area contributed by atoms with E-state index in [1.54, 1.807) is 12.3 Å². The Morgan fingerprint density at radius 2 is 2.35 bits per heavy atom. The first-order valence-corrected chi connectivity index (χ1v) is 9.86. The molecule has 0 aromatic carbocycles. The molecule has 0 aliphatic carbocycles. The van der Waals surface area contributed by atoms with E-state index in [0.29, 0.717) is 28.6 Å². The Morgan fingerprint density at radius 1 is 1.55 bits per heavy atom. The van der Waals surface area contributed by atoms with Gasteiger partial charge < -0.3 is 5.32 Å². The maximum Gasteiger partial charge on any atom is 0.244 e. The summed E-state index contributed by atoms with van der Waals surface area (Å²) in [6.07, 6.45) is 3.83. The fourth-order valence-corrected chi connectivity index (χ4v) is 5.04. The third kappa shape index (κ3) is 4.09. The number of hydrogen-bond donors (Lipinski definition) is 2. The van der Waals surface area contributed by atoms with Gasteiger partial charge in [-0.2, -0.15) is 11.8 Å². The van der Waals surface area contributed by atoms with Gasteiger partial charge in [0, 0.05) is 29.0 Å².